The molecule has 20 heavy (non-hydrogen) atoms. The molecule has 1 fully saturated rings. The van der Waals surface area contributed by atoms with E-state index in [1.807, 2.05) is 30.3 Å². The largest absolute Gasteiger partial charge is 0.398 e. The highest BCUT2D eigenvalue weighted by atomic mass is 15.2. The second-order valence-corrected chi connectivity index (χ2v) is 6.05. The van der Waals surface area contributed by atoms with E-state index in [0.717, 1.165) is 34.7 Å². The van der Waals surface area contributed by atoms with Crippen LogP contribution in [0.3, 0.4) is 0 Å². The van der Waals surface area contributed by atoms with Crippen LogP contribution in [-0.2, 0) is 6.54 Å². The van der Waals surface area contributed by atoms with Gasteiger partial charge in [0.15, 0.2) is 0 Å². The van der Waals surface area contributed by atoms with Crippen molar-refractivity contribution >= 4 is 16.6 Å². The van der Waals surface area contributed by atoms with E-state index in [0.29, 0.717) is 6.04 Å². The molecule has 3 rings (SSSR count). The highest BCUT2D eigenvalue weighted by Crippen LogP contribution is 2.26. The molecule has 1 saturated heterocycles. The van der Waals surface area contributed by atoms with E-state index in [4.69, 9.17) is 10.7 Å². The fourth-order valence-corrected chi connectivity index (χ4v) is 3.19. The predicted octanol–water partition coefficient (Wildman–Crippen LogP) is 3.44. The SMILES string of the molecule is CC1CCCN(Cc2cc(N)c3ccccc3n2)C1C. The van der Waals surface area contributed by atoms with Gasteiger partial charge in [-0.2, -0.15) is 0 Å². The van der Waals surface area contributed by atoms with Crippen LogP contribution >= 0.6 is 0 Å². The minimum absolute atomic E-state index is 0.623. The van der Waals surface area contributed by atoms with Crippen LogP contribution in [-0.4, -0.2) is 22.5 Å². The van der Waals surface area contributed by atoms with Gasteiger partial charge in [-0.3, -0.25) is 9.88 Å². The third kappa shape index (κ3) is 2.50. The number of rotatable bonds is 2. The molecule has 0 spiro atoms. The van der Waals surface area contributed by atoms with Crippen molar-refractivity contribution in [1.29, 1.82) is 0 Å². The van der Waals surface area contributed by atoms with Crippen molar-refractivity contribution in [3.05, 3.63) is 36.0 Å². The lowest BCUT2D eigenvalue weighted by atomic mass is 9.92. The van der Waals surface area contributed by atoms with Crippen molar-refractivity contribution in [2.24, 2.45) is 5.92 Å². The lowest BCUT2D eigenvalue weighted by Crippen LogP contribution is -2.41. The number of fused-ring (bicyclic) bond motifs is 1. The molecule has 2 unspecified atom stereocenters. The fourth-order valence-electron chi connectivity index (χ4n) is 3.19. The summed E-state index contributed by atoms with van der Waals surface area (Å²) in [6.07, 6.45) is 2.62. The summed E-state index contributed by atoms with van der Waals surface area (Å²) in [6.45, 7) is 6.74. The van der Waals surface area contributed by atoms with Crippen LogP contribution in [0.5, 0.6) is 0 Å². The highest BCUT2D eigenvalue weighted by Gasteiger charge is 2.24. The molecule has 2 atom stereocenters. The van der Waals surface area contributed by atoms with Crippen LogP contribution in [0.25, 0.3) is 10.9 Å². The molecule has 0 amide bonds. The van der Waals surface area contributed by atoms with Gasteiger partial charge in [0.05, 0.1) is 11.2 Å². The number of aromatic nitrogens is 1. The van der Waals surface area contributed by atoms with E-state index in [1.165, 1.54) is 19.4 Å². The van der Waals surface area contributed by atoms with Gasteiger partial charge in [0.2, 0.25) is 0 Å². The van der Waals surface area contributed by atoms with Crippen molar-refractivity contribution in [3.8, 4) is 0 Å². The number of pyridine rings is 1. The first-order chi connectivity index (χ1) is 9.65. The first-order valence-corrected chi connectivity index (χ1v) is 7.53. The molecule has 0 saturated carbocycles. The summed E-state index contributed by atoms with van der Waals surface area (Å²) in [5.41, 5.74) is 9.09. The quantitative estimate of drug-likeness (QED) is 0.908. The van der Waals surface area contributed by atoms with Crippen LogP contribution in [0.1, 0.15) is 32.4 Å². The molecule has 1 aliphatic heterocycles. The maximum atomic E-state index is 6.17. The van der Waals surface area contributed by atoms with Gasteiger partial charge in [0, 0.05) is 23.7 Å². The molecule has 2 N–H and O–H groups in total. The van der Waals surface area contributed by atoms with Crippen LogP contribution in [0, 0.1) is 5.92 Å². The molecule has 0 radical (unpaired) electrons. The maximum absolute atomic E-state index is 6.17. The smallest absolute Gasteiger partial charge is 0.0726 e. The maximum Gasteiger partial charge on any atom is 0.0726 e. The number of piperidine rings is 1. The molecule has 1 aromatic carbocycles. The van der Waals surface area contributed by atoms with Crippen molar-refractivity contribution in [2.45, 2.75) is 39.3 Å². The minimum atomic E-state index is 0.623. The third-order valence-corrected chi connectivity index (χ3v) is 4.67. The second kappa shape index (κ2) is 5.41. The number of nitrogen functional groups attached to an aromatic ring is 1. The highest BCUT2D eigenvalue weighted by molar-refractivity contribution is 5.90. The molecular weight excluding hydrogens is 246 g/mol. The Morgan fingerprint density at radius 2 is 2.10 bits per heavy atom. The lowest BCUT2D eigenvalue weighted by molar-refractivity contribution is 0.105. The van der Waals surface area contributed by atoms with Gasteiger partial charge < -0.3 is 5.73 Å². The number of nitrogens with zero attached hydrogens (tertiary/aromatic N) is 2. The van der Waals surface area contributed by atoms with Gasteiger partial charge in [-0.1, -0.05) is 25.1 Å². The molecule has 2 aromatic rings. The van der Waals surface area contributed by atoms with E-state index in [9.17, 15) is 0 Å². The molecule has 1 aliphatic rings. The average molecular weight is 269 g/mol. The summed E-state index contributed by atoms with van der Waals surface area (Å²) in [6, 6.07) is 10.8. The van der Waals surface area contributed by atoms with Crippen molar-refractivity contribution in [1.82, 2.24) is 9.88 Å². The van der Waals surface area contributed by atoms with Crippen molar-refractivity contribution < 1.29 is 0 Å². The third-order valence-electron chi connectivity index (χ3n) is 4.67. The number of hydrogen-bond donors (Lipinski definition) is 1. The topological polar surface area (TPSA) is 42.1 Å². The number of hydrogen-bond acceptors (Lipinski definition) is 3. The van der Waals surface area contributed by atoms with E-state index in [1.54, 1.807) is 0 Å². The standard InChI is InChI=1S/C17H23N3/c1-12-6-5-9-20(13(12)2)11-14-10-16(18)15-7-3-4-8-17(15)19-14/h3-4,7-8,10,12-13H,5-6,9,11H2,1-2H3,(H2,18,19). The number of nitrogens with two attached hydrogens (primary N) is 1. The predicted molar refractivity (Wildman–Crippen MR) is 84.4 cm³/mol. The average Bonchev–Trinajstić information content (AvgIpc) is 2.44. The van der Waals surface area contributed by atoms with Crippen molar-refractivity contribution in [3.63, 3.8) is 0 Å². The Bertz CT molecular complexity index is 608. The molecule has 3 heteroatoms. The number of benzene rings is 1. The minimum Gasteiger partial charge on any atom is -0.398 e. The molecule has 0 bridgehead atoms. The number of para-hydroxylation sites is 1. The normalized spacial score (nSPS) is 24.1. The van der Waals surface area contributed by atoms with Gasteiger partial charge in [0.25, 0.3) is 0 Å². The van der Waals surface area contributed by atoms with Gasteiger partial charge in [0.1, 0.15) is 0 Å². The Balaban J connectivity index is 1.87. The van der Waals surface area contributed by atoms with Crippen LogP contribution in [0.15, 0.2) is 30.3 Å². The molecule has 0 aliphatic carbocycles. The van der Waals surface area contributed by atoms with Gasteiger partial charge in [-0.25, -0.2) is 0 Å². The first kappa shape index (κ1) is 13.4. The van der Waals surface area contributed by atoms with Gasteiger partial charge in [-0.15, -0.1) is 0 Å². The number of likely N-dealkylation sites (tertiary alicyclic amines) is 1. The first-order valence-electron chi connectivity index (χ1n) is 7.53. The molecule has 106 valence electrons. The van der Waals surface area contributed by atoms with Crippen LogP contribution in [0.2, 0.25) is 0 Å². The molecule has 1 aromatic heterocycles. The second-order valence-electron chi connectivity index (χ2n) is 6.05. The van der Waals surface area contributed by atoms with Crippen molar-refractivity contribution in [2.75, 3.05) is 12.3 Å². The van der Waals surface area contributed by atoms with Gasteiger partial charge >= 0.3 is 0 Å². The Kier molecular flexibility index (Phi) is 3.62. The Labute approximate surface area is 120 Å². The van der Waals surface area contributed by atoms with E-state index < -0.39 is 0 Å². The monoisotopic (exact) mass is 269 g/mol. The summed E-state index contributed by atoms with van der Waals surface area (Å²) >= 11 is 0. The molecule has 2 heterocycles. The van der Waals surface area contributed by atoms with E-state index in [2.05, 4.69) is 18.7 Å². The summed E-state index contributed by atoms with van der Waals surface area (Å²) in [5.74, 6) is 0.765. The molecule has 3 nitrogen and oxygen atoms in total. The van der Waals surface area contributed by atoms with E-state index >= 15 is 0 Å². The van der Waals surface area contributed by atoms with E-state index in [-0.39, 0.29) is 0 Å². The zero-order valence-electron chi connectivity index (χ0n) is 12.3. The lowest BCUT2D eigenvalue weighted by Gasteiger charge is -2.37. The van der Waals surface area contributed by atoms with Crippen LogP contribution in [0.4, 0.5) is 5.69 Å². The fraction of sp³-hybridized carbons (Fsp3) is 0.471. The summed E-state index contributed by atoms with van der Waals surface area (Å²) in [5, 5.41) is 1.05. The van der Waals surface area contributed by atoms with Crippen LogP contribution < -0.4 is 5.73 Å². The number of anilines is 1. The zero-order chi connectivity index (χ0) is 14.1. The summed E-state index contributed by atoms with van der Waals surface area (Å²) in [7, 11) is 0. The summed E-state index contributed by atoms with van der Waals surface area (Å²) < 4.78 is 0. The molecular formula is C17H23N3. The van der Waals surface area contributed by atoms with Gasteiger partial charge in [-0.05, 0) is 44.4 Å². The Morgan fingerprint density at radius 1 is 1.30 bits per heavy atom. The zero-order valence-corrected chi connectivity index (χ0v) is 12.3. The summed E-state index contributed by atoms with van der Waals surface area (Å²) in [4.78, 5) is 7.30. The Morgan fingerprint density at radius 3 is 2.95 bits per heavy atom. The Hall–Kier alpha value is -1.61.